The van der Waals surface area contributed by atoms with Gasteiger partial charge in [0.1, 0.15) is 19.6 Å². The molecule has 1 saturated heterocycles. The van der Waals surface area contributed by atoms with Crippen LogP contribution in [-0.4, -0.2) is 45.4 Å². The first-order valence-electron chi connectivity index (χ1n) is 6.84. The molecule has 0 aromatic heterocycles. The third-order valence-corrected chi connectivity index (χ3v) is 3.09. The van der Waals surface area contributed by atoms with Gasteiger partial charge in [-0.05, 0) is 0 Å². The van der Waals surface area contributed by atoms with Gasteiger partial charge in [-0.1, -0.05) is 27.7 Å². The number of quaternary nitrogens is 2. The highest BCUT2D eigenvalue weighted by molar-refractivity contribution is 4.57. The van der Waals surface area contributed by atoms with Crippen LogP contribution in [0.1, 0.15) is 27.7 Å². The second kappa shape index (κ2) is 7.25. The largest absolute Gasteiger partial charge is 0.361 e. The molecule has 0 saturated carbocycles. The van der Waals surface area contributed by atoms with Crippen molar-refractivity contribution in [3.63, 3.8) is 0 Å². The van der Waals surface area contributed by atoms with Crippen LogP contribution in [-0.2, 0) is 4.74 Å². The zero-order valence-electron chi connectivity index (χ0n) is 11.5. The lowest BCUT2D eigenvalue weighted by Crippen LogP contribution is -3.16. The van der Waals surface area contributed by atoms with Crippen LogP contribution in [0.5, 0.6) is 0 Å². The first kappa shape index (κ1) is 13.9. The third kappa shape index (κ3) is 5.83. The standard InChI is InChI=1S/C13H28N2O/c1-11(2)7-14-8-13-10-15(5-6-16-13)9-12(3)4/h11-14H,5-10H2,1-4H3/p+2/t13-/m1/s1. The Labute approximate surface area is 101 Å². The third-order valence-electron chi connectivity index (χ3n) is 3.09. The molecular weight excluding hydrogens is 200 g/mol. The summed E-state index contributed by atoms with van der Waals surface area (Å²) in [5, 5.41) is 2.41. The van der Waals surface area contributed by atoms with Crippen LogP contribution in [0.15, 0.2) is 0 Å². The quantitative estimate of drug-likeness (QED) is 0.611. The van der Waals surface area contributed by atoms with Crippen molar-refractivity contribution in [2.24, 2.45) is 11.8 Å². The van der Waals surface area contributed by atoms with Crippen molar-refractivity contribution in [1.82, 2.24) is 0 Å². The van der Waals surface area contributed by atoms with Gasteiger partial charge in [0.05, 0.1) is 19.7 Å². The average molecular weight is 230 g/mol. The van der Waals surface area contributed by atoms with Gasteiger partial charge in [-0.2, -0.15) is 0 Å². The van der Waals surface area contributed by atoms with Gasteiger partial charge in [0.15, 0.2) is 6.10 Å². The molecule has 0 bridgehead atoms. The predicted octanol–water partition coefficient (Wildman–Crippen LogP) is -0.854. The molecule has 0 amide bonds. The maximum absolute atomic E-state index is 5.82. The molecule has 2 atom stereocenters. The molecule has 1 rings (SSSR count). The summed E-state index contributed by atoms with van der Waals surface area (Å²) < 4.78 is 5.82. The lowest BCUT2D eigenvalue weighted by Gasteiger charge is -2.30. The van der Waals surface area contributed by atoms with Gasteiger partial charge in [-0.15, -0.1) is 0 Å². The minimum atomic E-state index is 0.473. The molecule has 3 heteroatoms. The Morgan fingerprint density at radius 3 is 2.62 bits per heavy atom. The fraction of sp³-hybridized carbons (Fsp3) is 1.00. The number of morpholine rings is 1. The van der Waals surface area contributed by atoms with Crippen LogP contribution < -0.4 is 10.2 Å². The summed E-state index contributed by atoms with van der Waals surface area (Å²) in [7, 11) is 0. The fourth-order valence-corrected chi connectivity index (χ4v) is 2.38. The Balaban J connectivity index is 2.17. The molecule has 0 aromatic rings. The van der Waals surface area contributed by atoms with Crippen molar-refractivity contribution >= 4 is 0 Å². The van der Waals surface area contributed by atoms with Crippen molar-refractivity contribution in [3.8, 4) is 0 Å². The van der Waals surface area contributed by atoms with Gasteiger partial charge >= 0.3 is 0 Å². The molecular formula is C13H30N2O+2. The van der Waals surface area contributed by atoms with Crippen molar-refractivity contribution < 1.29 is 15.0 Å². The summed E-state index contributed by atoms with van der Waals surface area (Å²) in [6.45, 7) is 16.2. The van der Waals surface area contributed by atoms with Gasteiger partial charge in [-0.25, -0.2) is 0 Å². The topological polar surface area (TPSA) is 30.3 Å². The molecule has 0 radical (unpaired) electrons. The van der Waals surface area contributed by atoms with E-state index in [4.69, 9.17) is 4.74 Å². The summed E-state index contributed by atoms with van der Waals surface area (Å²) in [4.78, 5) is 1.73. The Bertz CT molecular complexity index is 183. The molecule has 1 unspecified atom stereocenters. The molecule has 3 nitrogen and oxygen atoms in total. The lowest BCUT2D eigenvalue weighted by molar-refractivity contribution is -0.916. The average Bonchev–Trinajstić information content (AvgIpc) is 2.16. The van der Waals surface area contributed by atoms with Gasteiger partial charge < -0.3 is 15.0 Å². The van der Waals surface area contributed by atoms with E-state index in [2.05, 4.69) is 33.0 Å². The van der Waals surface area contributed by atoms with E-state index in [9.17, 15) is 0 Å². The van der Waals surface area contributed by atoms with Crippen LogP contribution in [0.4, 0.5) is 0 Å². The molecule has 3 N–H and O–H groups in total. The first-order chi connectivity index (χ1) is 7.58. The van der Waals surface area contributed by atoms with Crippen molar-refractivity contribution in [2.75, 3.05) is 39.3 Å². The molecule has 16 heavy (non-hydrogen) atoms. The smallest absolute Gasteiger partial charge is 0.155 e. The van der Waals surface area contributed by atoms with Crippen molar-refractivity contribution in [2.45, 2.75) is 33.8 Å². The second-order valence-corrected chi connectivity index (χ2v) is 5.95. The van der Waals surface area contributed by atoms with E-state index in [0.29, 0.717) is 6.10 Å². The van der Waals surface area contributed by atoms with Crippen LogP contribution in [0.25, 0.3) is 0 Å². The normalized spacial score (nSPS) is 26.6. The van der Waals surface area contributed by atoms with E-state index in [1.165, 1.54) is 26.2 Å². The minimum Gasteiger partial charge on any atom is -0.361 e. The molecule has 0 spiro atoms. The van der Waals surface area contributed by atoms with Crippen LogP contribution in [0, 0.1) is 11.8 Å². The van der Waals surface area contributed by atoms with E-state index in [0.717, 1.165) is 25.0 Å². The van der Waals surface area contributed by atoms with Crippen LogP contribution >= 0.6 is 0 Å². The molecule has 0 aromatic carbocycles. The van der Waals surface area contributed by atoms with Gasteiger partial charge in [0.25, 0.3) is 0 Å². The van der Waals surface area contributed by atoms with E-state index in [1.54, 1.807) is 4.90 Å². The zero-order valence-corrected chi connectivity index (χ0v) is 11.5. The molecule has 1 heterocycles. The molecule has 96 valence electrons. The van der Waals surface area contributed by atoms with Gasteiger partial charge in [-0.3, -0.25) is 0 Å². The van der Waals surface area contributed by atoms with E-state index in [1.807, 2.05) is 0 Å². The van der Waals surface area contributed by atoms with Gasteiger partial charge in [0.2, 0.25) is 0 Å². The molecule has 1 fully saturated rings. The number of hydrogen-bond donors (Lipinski definition) is 2. The first-order valence-corrected chi connectivity index (χ1v) is 6.84. The summed E-state index contributed by atoms with van der Waals surface area (Å²) >= 11 is 0. The summed E-state index contributed by atoms with van der Waals surface area (Å²) in [5.41, 5.74) is 0. The number of ether oxygens (including phenoxy) is 1. The monoisotopic (exact) mass is 230 g/mol. The predicted molar refractivity (Wildman–Crippen MR) is 66.6 cm³/mol. The second-order valence-electron chi connectivity index (χ2n) is 5.95. The highest BCUT2D eigenvalue weighted by Gasteiger charge is 2.25. The minimum absolute atomic E-state index is 0.473. The van der Waals surface area contributed by atoms with Crippen molar-refractivity contribution in [3.05, 3.63) is 0 Å². The Morgan fingerprint density at radius 1 is 1.25 bits per heavy atom. The Kier molecular flexibility index (Phi) is 6.32. The van der Waals surface area contributed by atoms with E-state index in [-0.39, 0.29) is 0 Å². The maximum atomic E-state index is 5.82. The Hall–Kier alpha value is -0.120. The van der Waals surface area contributed by atoms with Gasteiger partial charge in [0, 0.05) is 11.8 Å². The van der Waals surface area contributed by atoms with E-state index >= 15 is 0 Å². The van der Waals surface area contributed by atoms with Crippen LogP contribution in [0.3, 0.4) is 0 Å². The Morgan fingerprint density at radius 2 is 2.00 bits per heavy atom. The molecule has 1 aliphatic rings. The fourth-order valence-electron chi connectivity index (χ4n) is 2.38. The van der Waals surface area contributed by atoms with E-state index < -0.39 is 0 Å². The molecule has 0 aliphatic carbocycles. The summed E-state index contributed by atoms with van der Waals surface area (Å²) in [6, 6.07) is 0. The number of nitrogens with one attached hydrogen (secondary N) is 1. The SMILES string of the molecule is CC(C)C[NH2+]C[C@@H]1C[NH+](CC(C)C)CCO1. The highest BCUT2D eigenvalue weighted by atomic mass is 16.5. The number of rotatable bonds is 6. The molecule has 1 aliphatic heterocycles. The number of hydrogen-bond acceptors (Lipinski definition) is 1. The zero-order chi connectivity index (χ0) is 12.0. The maximum Gasteiger partial charge on any atom is 0.155 e. The highest BCUT2D eigenvalue weighted by Crippen LogP contribution is 1.92. The number of nitrogens with two attached hydrogens (primary N) is 1. The van der Waals surface area contributed by atoms with Crippen LogP contribution in [0.2, 0.25) is 0 Å². The lowest BCUT2D eigenvalue weighted by atomic mass is 10.1. The van der Waals surface area contributed by atoms with Crippen molar-refractivity contribution in [1.29, 1.82) is 0 Å². The summed E-state index contributed by atoms with van der Waals surface area (Å²) in [6.07, 6.45) is 0.473. The summed E-state index contributed by atoms with van der Waals surface area (Å²) in [5.74, 6) is 1.58.